The zero-order valence-corrected chi connectivity index (χ0v) is 26.5. The Morgan fingerprint density at radius 2 is 1.72 bits per heavy atom. The van der Waals surface area contributed by atoms with E-state index in [0.29, 0.717) is 74.0 Å². The normalized spacial score (nSPS) is 22.2. The quantitative estimate of drug-likeness (QED) is 0.412. The molecule has 46 heavy (non-hydrogen) atoms. The van der Waals surface area contributed by atoms with E-state index >= 15 is 0 Å². The summed E-state index contributed by atoms with van der Waals surface area (Å²) in [5, 5.41) is 5.65. The van der Waals surface area contributed by atoms with Crippen LogP contribution in [0.2, 0.25) is 0 Å². The molecule has 3 aromatic rings. The second-order valence-corrected chi connectivity index (χ2v) is 12.8. The molecule has 3 saturated heterocycles. The van der Waals surface area contributed by atoms with Crippen molar-refractivity contribution < 1.29 is 23.8 Å². The van der Waals surface area contributed by atoms with Crippen LogP contribution in [0.25, 0.3) is 11.3 Å². The van der Waals surface area contributed by atoms with Gasteiger partial charge in [-0.05, 0) is 57.9 Å². The molecule has 2 bridgehead atoms. The topological polar surface area (TPSA) is 134 Å². The zero-order valence-electron chi connectivity index (χ0n) is 26.5. The van der Waals surface area contributed by atoms with Crippen molar-refractivity contribution in [3.63, 3.8) is 0 Å². The van der Waals surface area contributed by atoms with Gasteiger partial charge in [0.1, 0.15) is 17.0 Å². The van der Waals surface area contributed by atoms with Crippen LogP contribution in [0.1, 0.15) is 44.0 Å². The fraction of sp³-hybridized carbons (Fsp3) is 0.485. The maximum Gasteiger partial charge on any atom is 0.324 e. The molecule has 4 aliphatic heterocycles. The molecule has 2 aromatic heterocycles. The first-order valence-electron chi connectivity index (χ1n) is 16.0. The number of ether oxygens (including phenoxy) is 3. The molecular weight excluding hydrogens is 588 g/mol. The van der Waals surface area contributed by atoms with Crippen LogP contribution in [0.5, 0.6) is 5.88 Å². The molecule has 0 radical (unpaired) electrons. The first kappa shape index (κ1) is 30.2. The van der Waals surface area contributed by atoms with Gasteiger partial charge in [-0.25, -0.2) is 14.8 Å². The zero-order chi connectivity index (χ0) is 31.8. The highest BCUT2D eigenvalue weighted by Crippen LogP contribution is 2.37. The van der Waals surface area contributed by atoms with Crippen molar-refractivity contribution in [1.29, 1.82) is 0 Å². The summed E-state index contributed by atoms with van der Waals surface area (Å²) in [6.45, 7) is 11.2. The summed E-state index contributed by atoms with van der Waals surface area (Å²) in [7, 11) is 0. The van der Waals surface area contributed by atoms with E-state index in [1.54, 1.807) is 29.3 Å². The van der Waals surface area contributed by atoms with Gasteiger partial charge in [-0.1, -0.05) is 12.1 Å². The van der Waals surface area contributed by atoms with Crippen LogP contribution in [0, 0.1) is 0 Å². The number of pyridine rings is 1. The minimum atomic E-state index is -0.636. The van der Waals surface area contributed by atoms with E-state index in [-0.39, 0.29) is 18.1 Å². The summed E-state index contributed by atoms with van der Waals surface area (Å²) < 4.78 is 17.9. The first-order valence-corrected chi connectivity index (χ1v) is 16.0. The van der Waals surface area contributed by atoms with Crippen molar-refractivity contribution in [2.45, 2.75) is 51.4 Å². The Balaban J connectivity index is 1.13. The Labute approximate surface area is 268 Å². The van der Waals surface area contributed by atoms with Crippen molar-refractivity contribution in [2.24, 2.45) is 0 Å². The molecule has 4 aliphatic rings. The van der Waals surface area contributed by atoms with E-state index in [0.717, 1.165) is 37.2 Å². The number of fused-ring (bicyclic) bond motifs is 3. The Hall–Kier alpha value is -4.49. The molecule has 0 saturated carbocycles. The van der Waals surface area contributed by atoms with Crippen molar-refractivity contribution in [3.8, 4) is 17.1 Å². The van der Waals surface area contributed by atoms with Gasteiger partial charge in [0.15, 0.2) is 0 Å². The maximum absolute atomic E-state index is 13.9. The van der Waals surface area contributed by atoms with Gasteiger partial charge in [-0.2, -0.15) is 4.98 Å². The number of amides is 3. The smallest absolute Gasteiger partial charge is 0.324 e. The lowest BCUT2D eigenvalue weighted by molar-refractivity contribution is 0.0297. The molecular formula is C33H40N8O5. The highest BCUT2D eigenvalue weighted by Gasteiger charge is 2.39. The molecule has 2 atom stereocenters. The van der Waals surface area contributed by atoms with Crippen LogP contribution < -0.4 is 25.2 Å². The lowest BCUT2D eigenvalue weighted by atomic mass is 10.0. The van der Waals surface area contributed by atoms with Crippen molar-refractivity contribution >= 4 is 35.1 Å². The van der Waals surface area contributed by atoms with Crippen LogP contribution in [0.15, 0.2) is 42.6 Å². The van der Waals surface area contributed by atoms with Crippen molar-refractivity contribution in [1.82, 2.24) is 19.9 Å². The Kier molecular flexibility index (Phi) is 8.11. The van der Waals surface area contributed by atoms with Crippen LogP contribution in [0.3, 0.4) is 0 Å². The second kappa shape index (κ2) is 12.4. The van der Waals surface area contributed by atoms with Gasteiger partial charge in [-0.3, -0.25) is 10.1 Å². The summed E-state index contributed by atoms with van der Waals surface area (Å²) in [4.78, 5) is 47.0. The van der Waals surface area contributed by atoms with Crippen molar-refractivity contribution in [3.05, 3.63) is 48.2 Å². The van der Waals surface area contributed by atoms with Gasteiger partial charge in [0, 0.05) is 44.0 Å². The molecule has 1 aromatic carbocycles. The van der Waals surface area contributed by atoms with Crippen LogP contribution in [-0.4, -0.2) is 102 Å². The van der Waals surface area contributed by atoms with Crippen LogP contribution >= 0.6 is 0 Å². The highest BCUT2D eigenvalue weighted by molar-refractivity contribution is 6.03. The van der Waals surface area contributed by atoms with E-state index in [2.05, 4.69) is 25.4 Å². The van der Waals surface area contributed by atoms with Crippen LogP contribution in [0.4, 0.5) is 27.9 Å². The predicted molar refractivity (Wildman–Crippen MR) is 174 cm³/mol. The summed E-state index contributed by atoms with van der Waals surface area (Å²) in [5.74, 6) is 1.09. The van der Waals surface area contributed by atoms with Crippen molar-refractivity contribution in [2.75, 3.05) is 72.9 Å². The number of hydrogen-bond acceptors (Lipinski definition) is 10. The molecule has 3 fully saturated rings. The minimum absolute atomic E-state index is 0.147. The van der Waals surface area contributed by atoms with Gasteiger partial charge in [0.05, 0.1) is 49.5 Å². The number of benzene rings is 1. The molecule has 7 rings (SSSR count). The highest BCUT2D eigenvalue weighted by atomic mass is 16.5. The lowest BCUT2D eigenvalue weighted by Gasteiger charge is -2.33. The Morgan fingerprint density at radius 3 is 2.39 bits per heavy atom. The predicted octanol–water partition coefficient (Wildman–Crippen LogP) is 4.02. The number of likely N-dealkylation sites (N-methyl/N-ethyl adjacent to an activating group) is 1. The number of hydrogen-bond donors (Lipinski definition) is 2. The minimum Gasteiger partial charge on any atom is -0.469 e. The summed E-state index contributed by atoms with van der Waals surface area (Å²) in [5.41, 5.74) is 2.50. The number of carbonyl (C=O) groups excluding carboxylic acids is 2. The first-order chi connectivity index (χ1) is 22.2. The molecule has 242 valence electrons. The fourth-order valence-corrected chi connectivity index (χ4v) is 6.52. The average Bonchev–Trinajstić information content (AvgIpc) is 3.35. The monoisotopic (exact) mass is 628 g/mol. The molecule has 13 heteroatoms. The van der Waals surface area contributed by atoms with Gasteiger partial charge in [-0.15, -0.1) is 0 Å². The van der Waals surface area contributed by atoms with E-state index in [4.69, 9.17) is 24.2 Å². The number of anilines is 4. The number of carbonyl (C=O) groups is 2. The largest absolute Gasteiger partial charge is 0.469 e. The molecule has 2 unspecified atom stereocenters. The van der Waals surface area contributed by atoms with Gasteiger partial charge in [0.25, 0.3) is 5.91 Å². The average molecular weight is 629 g/mol. The third-order valence-corrected chi connectivity index (χ3v) is 8.80. The number of rotatable bonds is 6. The van der Waals surface area contributed by atoms with E-state index in [1.165, 1.54) is 0 Å². The van der Waals surface area contributed by atoms with E-state index in [1.807, 2.05) is 39.0 Å². The summed E-state index contributed by atoms with van der Waals surface area (Å²) in [6, 6.07) is 10.6. The lowest BCUT2D eigenvalue weighted by Crippen LogP contribution is -2.43. The Bertz CT molecular complexity index is 1580. The molecule has 0 spiro atoms. The standard InChI is InChI=1S/C33H40N8O5/c1-4-39-20-33(2,3)46-29-27(30(39)42)28(37-31(38-29)41-18-24-10-11-25(19-41)45-24)21-5-7-22(8-6-21)35-32(43)36-26-12-9-23(17-34-26)40-13-15-44-16-14-40/h5-9,12,17,24-25H,4,10-11,13-16,18-20H2,1-3H3,(H2,34,35,36,43). The number of aromatic nitrogens is 3. The number of morpholine rings is 2. The fourth-order valence-electron chi connectivity index (χ4n) is 6.52. The van der Waals surface area contributed by atoms with E-state index < -0.39 is 11.6 Å². The molecule has 13 nitrogen and oxygen atoms in total. The van der Waals surface area contributed by atoms with Gasteiger partial charge >= 0.3 is 6.03 Å². The summed E-state index contributed by atoms with van der Waals surface area (Å²) in [6.07, 6.45) is 4.08. The SMILES string of the molecule is CCN1CC(C)(C)Oc2nc(N3CC4CCC(C3)O4)nc(-c3ccc(NC(=O)Nc4ccc(N5CCOCC5)cn4)cc3)c2C1=O. The third kappa shape index (κ3) is 6.29. The second-order valence-electron chi connectivity index (χ2n) is 12.8. The van der Waals surface area contributed by atoms with Crippen LogP contribution in [-0.2, 0) is 9.47 Å². The number of nitrogens with zero attached hydrogens (tertiary/aromatic N) is 6. The molecule has 2 N–H and O–H groups in total. The van der Waals surface area contributed by atoms with Gasteiger partial charge < -0.3 is 34.2 Å². The Morgan fingerprint density at radius 1 is 0.978 bits per heavy atom. The summed E-state index contributed by atoms with van der Waals surface area (Å²) >= 11 is 0. The third-order valence-electron chi connectivity index (χ3n) is 8.80. The molecule has 3 amide bonds. The van der Waals surface area contributed by atoms with E-state index in [9.17, 15) is 9.59 Å². The number of urea groups is 1. The molecule has 6 heterocycles. The molecule has 0 aliphatic carbocycles. The van der Waals surface area contributed by atoms with Gasteiger partial charge in [0.2, 0.25) is 11.8 Å². The maximum atomic E-state index is 13.9. The number of nitrogens with one attached hydrogen (secondary N) is 2.